The van der Waals surface area contributed by atoms with E-state index < -0.39 is 17.2 Å². The maximum Gasteiger partial charge on any atom is 0.343 e. The minimum Gasteiger partial charge on any atom is -0.494 e. The molecule has 0 spiro atoms. The van der Waals surface area contributed by atoms with Gasteiger partial charge in [-0.15, -0.1) is 0 Å². The van der Waals surface area contributed by atoms with Gasteiger partial charge in [0.15, 0.2) is 11.6 Å². The largest absolute Gasteiger partial charge is 0.494 e. The third-order valence-corrected chi connectivity index (χ3v) is 4.64. The molecule has 26 heavy (non-hydrogen) atoms. The predicted molar refractivity (Wildman–Crippen MR) is 94.2 cm³/mol. The van der Waals surface area contributed by atoms with E-state index in [9.17, 15) is 14.0 Å². The molecule has 6 nitrogen and oxygen atoms in total. The Balaban J connectivity index is 2.16. The summed E-state index contributed by atoms with van der Waals surface area (Å²) in [6, 6.07) is 2.63. The Bertz CT molecular complexity index is 870. The van der Waals surface area contributed by atoms with Crippen molar-refractivity contribution < 1.29 is 23.4 Å². The highest BCUT2D eigenvalue weighted by Crippen LogP contribution is 2.25. The zero-order valence-corrected chi connectivity index (χ0v) is 14.9. The van der Waals surface area contributed by atoms with Gasteiger partial charge in [0.25, 0.3) is 0 Å². The third kappa shape index (κ3) is 3.58. The molecule has 0 unspecified atom stereocenters. The zero-order chi connectivity index (χ0) is 18.7. The van der Waals surface area contributed by atoms with Gasteiger partial charge in [0.05, 0.1) is 24.6 Å². The van der Waals surface area contributed by atoms with Gasteiger partial charge in [0.1, 0.15) is 5.56 Å². The molecule has 7 heteroatoms. The number of pyridine rings is 1. The molecule has 1 fully saturated rings. The van der Waals surface area contributed by atoms with E-state index in [-0.39, 0.29) is 23.3 Å². The number of nitrogens with zero attached hydrogens (tertiary/aromatic N) is 1. The molecular weight excluding hydrogens is 341 g/mol. The number of methoxy groups -OCH3 is 1. The standard InChI is InChI=1S/C19H22FNO5/c1-3-26-19(23)14-11-21(10-12-4-6-25-7-5-12)16-9-15(20)17(24-2)8-13(16)18(14)22/h8-9,11-12H,3-7,10H2,1-2H3. The molecule has 2 heterocycles. The van der Waals surface area contributed by atoms with Crippen molar-refractivity contribution in [2.24, 2.45) is 5.92 Å². The number of halogens is 1. The minimum atomic E-state index is -0.677. The quantitative estimate of drug-likeness (QED) is 0.764. The van der Waals surface area contributed by atoms with Crippen LogP contribution in [-0.4, -0.2) is 37.5 Å². The summed E-state index contributed by atoms with van der Waals surface area (Å²) in [6.07, 6.45) is 3.23. The molecule has 0 bridgehead atoms. The first-order valence-corrected chi connectivity index (χ1v) is 8.70. The topological polar surface area (TPSA) is 66.8 Å². The highest BCUT2D eigenvalue weighted by molar-refractivity contribution is 5.94. The van der Waals surface area contributed by atoms with Crippen LogP contribution in [-0.2, 0) is 16.0 Å². The number of carbonyl (C=O) groups excluding carboxylic acids is 1. The Morgan fingerprint density at radius 1 is 1.35 bits per heavy atom. The number of benzene rings is 1. The van der Waals surface area contributed by atoms with Crippen LogP contribution in [0.15, 0.2) is 23.1 Å². The second kappa shape index (κ2) is 7.86. The van der Waals surface area contributed by atoms with Crippen LogP contribution in [0, 0.1) is 11.7 Å². The van der Waals surface area contributed by atoms with Gasteiger partial charge in [-0.1, -0.05) is 0 Å². The van der Waals surface area contributed by atoms with Crippen molar-refractivity contribution in [3.05, 3.63) is 39.9 Å². The van der Waals surface area contributed by atoms with E-state index >= 15 is 0 Å². The summed E-state index contributed by atoms with van der Waals surface area (Å²) in [6.45, 7) is 3.77. The molecule has 1 saturated heterocycles. The van der Waals surface area contributed by atoms with Crippen LogP contribution in [0.25, 0.3) is 10.9 Å². The molecule has 0 radical (unpaired) electrons. The molecule has 0 amide bonds. The Morgan fingerprint density at radius 2 is 2.08 bits per heavy atom. The highest BCUT2D eigenvalue weighted by atomic mass is 19.1. The summed E-state index contributed by atoms with van der Waals surface area (Å²) in [5.41, 5.74) is -0.104. The Kier molecular flexibility index (Phi) is 5.56. The molecule has 1 aliphatic heterocycles. The van der Waals surface area contributed by atoms with Crippen molar-refractivity contribution in [3.8, 4) is 5.75 Å². The van der Waals surface area contributed by atoms with Crippen LogP contribution in [0.1, 0.15) is 30.1 Å². The van der Waals surface area contributed by atoms with Crippen LogP contribution in [0.5, 0.6) is 5.75 Å². The second-order valence-corrected chi connectivity index (χ2v) is 6.30. The molecule has 0 N–H and O–H groups in total. The van der Waals surface area contributed by atoms with Crippen LogP contribution >= 0.6 is 0 Å². The maximum atomic E-state index is 14.2. The average molecular weight is 363 g/mol. The normalized spacial score (nSPS) is 15.2. The van der Waals surface area contributed by atoms with E-state index in [1.807, 2.05) is 0 Å². The SMILES string of the molecule is CCOC(=O)c1cn(CC2CCOCC2)c2cc(F)c(OC)cc2c1=O. The van der Waals surface area contributed by atoms with Crippen molar-refractivity contribution in [2.45, 2.75) is 26.3 Å². The maximum absolute atomic E-state index is 14.2. The molecule has 3 rings (SSSR count). The second-order valence-electron chi connectivity index (χ2n) is 6.30. The summed E-state index contributed by atoms with van der Waals surface area (Å²) in [7, 11) is 1.33. The van der Waals surface area contributed by atoms with Crippen LogP contribution in [0.4, 0.5) is 4.39 Å². The molecule has 0 saturated carbocycles. The van der Waals surface area contributed by atoms with E-state index in [1.54, 1.807) is 11.5 Å². The highest BCUT2D eigenvalue weighted by Gasteiger charge is 2.21. The first-order chi connectivity index (χ1) is 12.5. The molecule has 1 aromatic heterocycles. The monoisotopic (exact) mass is 363 g/mol. The molecule has 1 aromatic carbocycles. The first kappa shape index (κ1) is 18.4. The summed E-state index contributed by atoms with van der Waals surface area (Å²) in [5, 5.41) is 0.237. The fourth-order valence-electron chi connectivity index (χ4n) is 3.26. The smallest absolute Gasteiger partial charge is 0.343 e. The van der Waals surface area contributed by atoms with Crippen LogP contribution in [0.3, 0.4) is 0 Å². The van der Waals surface area contributed by atoms with Gasteiger partial charge >= 0.3 is 5.97 Å². The predicted octanol–water partition coefficient (Wildman–Crippen LogP) is 2.75. The van der Waals surface area contributed by atoms with Crippen molar-refractivity contribution in [1.29, 1.82) is 0 Å². The Morgan fingerprint density at radius 3 is 2.73 bits per heavy atom. The fraction of sp³-hybridized carbons (Fsp3) is 0.474. The number of esters is 1. The fourth-order valence-corrected chi connectivity index (χ4v) is 3.26. The summed E-state index contributed by atoms with van der Waals surface area (Å²) in [5.74, 6) is -0.935. The number of ether oxygens (including phenoxy) is 3. The number of hydrogen-bond acceptors (Lipinski definition) is 5. The molecule has 2 aromatic rings. The van der Waals surface area contributed by atoms with Gasteiger partial charge < -0.3 is 18.8 Å². The summed E-state index contributed by atoms with van der Waals surface area (Å²) >= 11 is 0. The van der Waals surface area contributed by atoms with Gasteiger partial charge in [-0.3, -0.25) is 4.79 Å². The lowest BCUT2D eigenvalue weighted by Crippen LogP contribution is -2.25. The van der Waals surface area contributed by atoms with Crippen molar-refractivity contribution in [1.82, 2.24) is 4.57 Å². The molecule has 0 aliphatic carbocycles. The lowest BCUT2D eigenvalue weighted by molar-refractivity contribution is 0.0521. The first-order valence-electron chi connectivity index (χ1n) is 8.70. The Hall–Kier alpha value is -2.41. The number of fused-ring (bicyclic) bond motifs is 1. The van der Waals surface area contributed by atoms with Gasteiger partial charge in [-0.2, -0.15) is 0 Å². The number of hydrogen-bond donors (Lipinski definition) is 0. The lowest BCUT2D eigenvalue weighted by atomic mass is 9.99. The molecule has 1 aliphatic rings. The van der Waals surface area contributed by atoms with E-state index in [2.05, 4.69) is 0 Å². The molecule has 0 atom stereocenters. The van der Waals surface area contributed by atoms with E-state index in [4.69, 9.17) is 14.2 Å². The summed E-state index contributed by atoms with van der Waals surface area (Å²) in [4.78, 5) is 25.0. The minimum absolute atomic E-state index is 0.0341. The van der Waals surface area contributed by atoms with Crippen LogP contribution < -0.4 is 10.2 Å². The molecular formula is C19H22FNO5. The zero-order valence-electron chi connectivity index (χ0n) is 14.9. The number of aromatic nitrogens is 1. The van der Waals surface area contributed by atoms with E-state index in [0.717, 1.165) is 12.8 Å². The van der Waals surface area contributed by atoms with Crippen molar-refractivity contribution in [3.63, 3.8) is 0 Å². The van der Waals surface area contributed by atoms with Crippen molar-refractivity contribution >= 4 is 16.9 Å². The summed E-state index contributed by atoms with van der Waals surface area (Å²) < 4.78 is 31.4. The average Bonchev–Trinajstić information content (AvgIpc) is 2.64. The van der Waals surface area contributed by atoms with E-state index in [1.165, 1.54) is 25.4 Å². The van der Waals surface area contributed by atoms with Crippen LogP contribution in [0.2, 0.25) is 0 Å². The number of rotatable bonds is 5. The van der Waals surface area contributed by atoms with Gasteiger partial charge in [0.2, 0.25) is 5.43 Å². The van der Waals surface area contributed by atoms with E-state index in [0.29, 0.717) is 31.2 Å². The van der Waals surface area contributed by atoms with Crippen molar-refractivity contribution in [2.75, 3.05) is 26.9 Å². The third-order valence-electron chi connectivity index (χ3n) is 4.64. The molecule has 140 valence electrons. The van der Waals surface area contributed by atoms with Gasteiger partial charge in [-0.05, 0) is 31.7 Å². The lowest BCUT2D eigenvalue weighted by Gasteiger charge is -2.24. The van der Waals surface area contributed by atoms with Gasteiger partial charge in [-0.25, -0.2) is 9.18 Å². The number of carbonyl (C=O) groups is 1. The van der Waals surface area contributed by atoms with Gasteiger partial charge in [0, 0.05) is 32.0 Å². The Labute approximate surface area is 150 Å².